The smallest absolute Gasteiger partial charge is 0.256 e. The van der Waals surface area contributed by atoms with Gasteiger partial charge in [0.25, 0.3) is 5.91 Å². The van der Waals surface area contributed by atoms with Crippen molar-refractivity contribution in [2.45, 2.75) is 44.1 Å². The lowest BCUT2D eigenvalue weighted by atomic mass is 9.93. The number of carbonyl (C=O) groups is 1. The normalized spacial score (nSPS) is 17.3. The maximum Gasteiger partial charge on any atom is 0.256 e. The van der Waals surface area contributed by atoms with Gasteiger partial charge in [-0.2, -0.15) is 0 Å². The Bertz CT molecular complexity index is 482. The van der Waals surface area contributed by atoms with Crippen LogP contribution in [0.3, 0.4) is 0 Å². The fourth-order valence-corrected chi connectivity index (χ4v) is 2.84. The molecule has 0 unspecified atom stereocenters. The van der Waals surface area contributed by atoms with Crippen LogP contribution in [0.25, 0.3) is 0 Å². The molecule has 0 aliphatic heterocycles. The zero-order valence-electron chi connectivity index (χ0n) is 14.0. The first kappa shape index (κ1) is 17.7. The summed E-state index contributed by atoms with van der Waals surface area (Å²) in [5.74, 6) is 0.424. The number of carbonyl (C=O) groups excluding carboxylic acids is 1. The number of hydrogen-bond acceptors (Lipinski definition) is 5. The lowest BCUT2D eigenvalue weighted by Crippen LogP contribution is -2.44. The Kier molecular flexibility index (Phi) is 6.80. The second-order valence-corrected chi connectivity index (χ2v) is 5.79. The van der Waals surface area contributed by atoms with Crippen LogP contribution in [-0.4, -0.2) is 43.9 Å². The predicted octanol–water partition coefficient (Wildman–Crippen LogP) is 2.78. The summed E-state index contributed by atoms with van der Waals surface area (Å²) in [4.78, 5) is 16.8. The fourth-order valence-electron chi connectivity index (χ4n) is 2.84. The summed E-state index contributed by atoms with van der Waals surface area (Å²) < 4.78 is 15.9. The summed E-state index contributed by atoms with van der Waals surface area (Å²) >= 11 is 0. The summed E-state index contributed by atoms with van der Waals surface area (Å²) in [5.41, 5.74) is -0.0702. The van der Waals surface area contributed by atoms with Crippen molar-refractivity contribution in [1.29, 1.82) is 0 Å². The standard InChI is InChI=1S/C17H26N2O4/c1-21-11-12-23-15-8-7-14(13-18-15)19-16(20)17(22-2)9-5-3-4-6-10-17/h7-8,13H,3-6,9-12H2,1-2H3,(H,19,20). The van der Waals surface area contributed by atoms with Crippen molar-refractivity contribution in [2.75, 3.05) is 32.8 Å². The van der Waals surface area contributed by atoms with Crippen LogP contribution in [0.1, 0.15) is 38.5 Å². The first-order valence-electron chi connectivity index (χ1n) is 8.14. The van der Waals surface area contributed by atoms with Gasteiger partial charge < -0.3 is 19.5 Å². The number of pyridine rings is 1. The Morgan fingerprint density at radius 1 is 1.17 bits per heavy atom. The van der Waals surface area contributed by atoms with Crippen LogP contribution < -0.4 is 10.1 Å². The lowest BCUT2D eigenvalue weighted by Gasteiger charge is -2.29. The number of anilines is 1. The monoisotopic (exact) mass is 322 g/mol. The fraction of sp³-hybridized carbons (Fsp3) is 0.647. The molecule has 1 N–H and O–H groups in total. The van der Waals surface area contributed by atoms with Gasteiger partial charge in [0.2, 0.25) is 5.88 Å². The molecule has 1 amide bonds. The molecular formula is C17H26N2O4. The van der Waals surface area contributed by atoms with E-state index in [0.717, 1.165) is 38.5 Å². The van der Waals surface area contributed by atoms with E-state index >= 15 is 0 Å². The van der Waals surface area contributed by atoms with E-state index in [0.29, 0.717) is 24.8 Å². The van der Waals surface area contributed by atoms with Crippen molar-refractivity contribution in [1.82, 2.24) is 4.98 Å². The van der Waals surface area contributed by atoms with Gasteiger partial charge in [0, 0.05) is 20.3 Å². The van der Waals surface area contributed by atoms with Crippen molar-refractivity contribution in [3.8, 4) is 5.88 Å². The van der Waals surface area contributed by atoms with Gasteiger partial charge in [-0.15, -0.1) is 0 Å². The van der Waals surface area contributed by atoms with Crippen LogP contribution in [-0.2, 0) is 14.3 Å². The first-order chi connectivity index (χ1) is 11.2. The molecule has 0 aromatic carbocycles. The Morgan fingerprint density at radius 2 is 1.91 bits per heavy atom. The molecule has 1 fully saturated rings. The number of ether oxygens (including phenoxy) is 3. The highest BCUT2D eigenvalue weighted by molar-refractivity contribution is 5.97. The molecule has 1 aliphatic carbocycles. The molecule has 0 bridgehead atoms. The number of nitrogens with one attached hydrogen (secondary N) is 1. The average molecular weight is 322 g/mol. The SMILES string of the molecule is COCCOc1ccc(NC(=O)C2(OC)CCCCCC2)cn1. The molecule has 1 aromatic rings. The van der Waals surface area contributed by atoms with Gasteiger partial charge >= 0.3 is 0 Å². The summed E-state index contributed by atoms with van der Waals surface area (Å²) in [5, 5.41) is 2.92. The Morgan fingerprint density at radius 3 is 2.48 bits per heavy atom. The van der Waals surface area contributed by atoms with Crippen LogP contribution in [0, 0.1) is 0 Å². The average Bonchev–Trinajstić information content (AvgIpc) is 2.83. The topological polar surface area (TPSA) is 69.7 Å². The summed E-state index contributed by atoms with van der Waals surface area (Å²) in [7, 11) is 3.24. The van der Waals surface area contributed by atoms with Crippen molar-refractivity contribution in [3.05, 3.63) is 18.3 Å². The molecular weight excluding hydrogens is 296 g/mol. The molecule has 6 nitrogen and oxygen atoms in total. The van der Waals surface area contributed by atoms with Gasteiger partial charge in [-0.25, -0.2) is 4.98 Å². The van der Waals surface area contributed by atoms with E-state index < -0.39 is 5.60 Å². The summed E-state index contributed by atoms with van der Waals surface area (Å²) in [6.07, 6.45) is 7.49. The van der Waals surface area contributed by atoms with Crippen molar-refractivity contribution < 1.29 is 19.0 Å². The molecule has 128 valence electrons. The van der Waals surface area contributed by atoms with E-state index in [2.05, 4.69) is 10.3 Å². The van der Waals surface area contributed by atoms with E-state index in [1.807, 2.05) is 0 Å². The minimum atomic E-state index is -0.718. The van der Waals surface area contributed by atoms with Crippen molar-refractivity contribution in [2.24, 2.45) is 0 Å². The zero-order chi connectivity index (χ0) is 16.5. The van der Waals surface area contributed by atoms with Crippen LogP contribution in [0.15, 0.2) is 18.3 Å². The lowest BCUT2D eigenvalue weighted by molar-refractivity contribution is -0.139. The van der Waals surface area contributed by atoms with Crippen molar-refractivity contribution in [3.63, 3.8) is 0 Å². The Hall–Kier alpha value is -1.66. The number of aromatic nitrogens is 1. The molecule has 0 radical (unpaired) electrons. The molecule has 0 saturated heterocycles. The van der Waals surface area contributed by atoms with E-state index in [1.54, 1.807) is 32.5 Å². The number of rotatable bonds is 7. The zero-order valence-corrected chi connectivity index (χ0v) is 14.0. The van der Waals surface area contributed by atoms with Crippen molar-refractivity contribution >= 4 is 11.6 Å². The number of methoxy groups -OCH3 is 2. The maximum atomic E-state index is 12.7. The predicted molar refractivity (Wildman–Crippen MR) is 87.7 cm³/mol. The van der Waals surface area contributed by atoms with Crippen LogP contribution in [0.4, 0.5) is 5.69 Å². The van der Waals surface area contributed by atoms with Crippen LogP contribution in [0.5, 0.6) is 5.88 Å². The van der Waals surface area contributed by atoms with Gasteiger partial charge in [-0.1, -0.05) is 25.7 Å². The Labute approximate surface area is 137 Å². The molecule has 1 heterocycles. The second kappa shape index (κ2) is 8.84. The molecule has 23 heavy (non-hydrogen) atoms. The molecule has 1 aromatic heterocycles. The summed E-state index contributed by atoms with van der Waals surface area (Å²) in [6, 6.07) is 3.52. The van der Waals surface area contributed by atoms with E-state index in [9.17, 15) is 4.79 Å². The highest BCUT2D eigenvalue weighted by atomic mass is 16.5. The number of amides is 1. The number of hydrogen-bond donors (Lipinski definition) is 1. The molecule has 6 heteroatoms. The minimum absolute atomic E-state index is 0.0863. The number of nitrogens with zero attached hydrogens (tertiary/aromatic N) is 1. The Balaban J connectivity index is 1.95. The van der Waals surface area contributed by atoms with Gasteiger partial charge in [0.1, 0.15) is 12.2 Å². The highest BCUT2D eigenvalue weighted by Gasteiger charge is 2.38. The third-order valence-electron chi connectivity index (χ3n) is 4.25. The molecule has 1 aliphatic rings. The van der Waals surface area contributed by atoms with Gasteiger partial charge in [0.05, 0.1) is 18.5 Å². The molecule has 2 rings (SSSR count). The molecule has 1 saturated carbocycles. The van der Waals surface area contributed by atoms with Crippen LogP contribution >= 0.6 is 0 Å². The molecule has 0 atom stereocenters. The quantitative estimate of drug-likeness (QED) is 0.617. The van der Waals surface area contributed by atoms with Gasteiger partial charge in [0.15, 0.2) is 0 Å². The first-order valence-corrected chi connectivity index (χ1v) is 8.14. The minimum Gasteiger partial charge on any atom is -0.475 e. The van der Waals surface area contributed by atoms with Crippen LogP contribution in [0.2, 0.25) is 0 Å². The summed E-state index contributed by atoms with van der Waals surface area (Å²) in [6.45, 7) is 0.957. The van der Waals surface area contributed by atoms with E-state index in [4.69, 9.17) is 14.2 Å². The van der Waals surface area contributed by atoms with E-state index in [-0.39, 0.29) is 5.91 Å². The highest BCUT2D eigenvalue weighted by Crippen LogP contribution is 2.31. The van der Waals surface area contributed by atoms with E-state index in [1.165, 1.54) is 0 Å². The largest absolute Gasteiger partial charge is 0.475 e. The third-order valence-corrected chi connectivity index (χ3v) is 4.25. The molecule has 0 spiro atoms. The van der Waals surface area contributed by atoms with Gasteiger partial charge in [-0.05, 0) is 18.9 Å². The third kappa shape index (κ3) is 4.91. The van der Waals surface area contributed by atoms with Gasteiger partial charge in [-0.3, -0.25) is 4.79 Å². The second-order valence-electron chi connectivity index (χ2n) is 5.79. The maximum absolute atomic E-state index is 12.7.